The third-order valence-corrected chi connectivity index (χ3v) is 3.49. The van der Waals surface area contributed by atoms with E-state index in [4.69, 9.17) is 0 Å². The largest absolute Gasteiger partial charge is 0.378 e. The van der Waals surface area contributed by atoms with E-state index >= 15 is 0 Å². The summed E-state index contributed by atoms with van der Waals surface area (Å²) in [6, 6.07) is 15.5. The molecule has 0 aliphatic carbocycles. The smallest absolute Gasteiger partial charge is 0.244 e. The molecule has 0 aliphatic heterocycles. The highest BCUT2D eigenvalue weighted by Gasteiger charge is 2.07. The van der Waals surface area contributed by atoms with E-state index < -0.39 is 0 Å². The van der Waals surface area contributed by atoms with Crippen molar-refractivity contribution in [3.8, 4) is 0 Å². The molecule has 5 heteroatoms. The molecule has 5 nitrogen and oxygen atoms in total. The molecule has 0 unspecified atom stereocenters. The third kappa shape index (κ3) is 2.93. The van der Waals surface area contributed by atoms with Gasteiger partial charge in [-0.3, -0.25) is 4.79 Å². The van der Waals surface area contributed by atoms with Gasteiger partial charge in [-0.1, -0.05) is 18.2 Å². The van der Waals surface area contributed by atoms with Gasteiger partial charge >= 0.3 is 0 Å². The number of amides is 1. The Kier molecular flexibility index (Phi) is 3.78. The molecule has 3 rings (SSSR count). The van der Waals surface area contributed by atoms with Crippen LogP contribution in [0.3, 0.4) is 0 Å². The van der Waals surface area contributed by atoms with Gasteiger partial charge in [-0.2, -0.15) is 0 Å². The lowest BCUT2D eigenvalue weighted by atomic mass is 10.2. The van der Waals surface area contributed by atoms with E-state index in [2.05, 4.69) is 10.3 Å². The molecule has 22 heavy (non-hydrogen) atoms. The molecule has 0 saturated carbocycles. The Morgan fingerprint density at radius 2 is 2.00 bits per heavy atom. The zero-order chi connectivity index (χ0) is 15.5. The number of carbonyl (C=O) groups is 1. The number of fused-ring (bicyclic) bond motifs is 1. The first-order chi connectivity index (χ1) is 10.6. The van der Waals surface area contributed by atoms with Crippen molar-refractivity contribution >= 4 is 28.3 Å². The zero-order valence-electron chi connectivity index (χ0n) is 12.7. The molecule has 0 bridgehead atoms. The van der Waals surface area contributed by atoms with Crippen LogP contribution in [0.2, 0.25) is 0 Å². The number of imidazole rings is 1. The van der Waals surface area contributed by atoms with Crippen molar-refractivity contribution in [3.05, 3.63) is 54.9 Å². The summed E-state index contributed by atoms with van der Waals surface area (Å²) < 4.78 is 1.85. The third-order valence-electron chi connectivity index (χ3n) is 3.49. The highest BCUT2D eigenvalue weighted by atomic mass is 16.1. The van der Waals surface area contributed by atoms with Gasteiger partial charge in [-0.25, -0.2) is 4.98 Å². The van der Waals surface area contributed by atoms with Crippen LogP contribution in [0.15, 0.2) is 54.9 Å². The number of anilines is 2. The maximum Gasteiger partial charge on any atom is 0.244 e. The van der Waals surface area contributed by atoms with Crippen LogP contribution in [0, 0.1) is 0 Å². The Balaban J connectivity index is 1.74. The first-order valence-electron chi connectivity index (χ1n) is 7.10. The number of benzene rings is 2. The molecular weight excluding hydrogens is 276 g/mol. The topological polar surface area (TPSA) is 50.2 Å². The molecule has 0 saturated heterocycles. The van der Waals surface area contributed by atoms with Gasteiger partial charge in [0, 0.05) is 25.5 Å². The molecule has 0 atom stereocenters. The van der Waals surface area contributed by atoms with Gasteiger partial charge in [0.05, 0.1) is 17.4 Å². The van der Waals surface area contributed by atoms with E-state index in [1.54, 1.807) is 6.33 Å². The lowest BCUT2D eigenvalue weighted by Crippen LogP contribution is -2.18. The van der Waals surface area contributed by atoms with Crippen LogP contribution in [0.5, 0.6) is 0 Å². The van der Waals surface area contributed by atoms with Crippen molar-refractivity contribution in [2.24, 2.45) is 0 Å². The number of nitrogens with one attached hydrogen (secondary N) is 1. The summed E-state index contributed by atoms with van der Waals surface area (Å²) in [7, 11) is 3.94. The SMILES string of the molecule is CN(C)c1cccc(NC(=O)Cn2cnc3ccccc32)c1. The second kappa shape index (κ2) is 5.89. The number of hydrogen-bond acceptors (Lipinski definition) is 3. The van der Waals surface area contributed by atoms with Gasteiger partial charge < -0.3 is 14.8 Å². The molecule has 112 valence electrons. The normalized spacial score (nSPS) is 10.6. The lowest BCUT2D eigenvalue weighted by Gasteiger charge is -2.14. The second-order valence-corrected chi connectivity index (χ2v) is 5.35. The summed E-state index contributed by atoms with van der Waals surface area (Å²) in [6.45, 7) is 0.243. The number of para-hydroxylation sites is 2. The molecule has 1 aromatic heterocycles. The summed E-state index contributed by atoms with van der Waals surface area (Å²) in [5.74, 6) is -0.0703. The molecule has 1 N–H and O–H groups in total. The first kappa shape index (κ1) is 14.1. The summed E-state index contributed by atoms with van der Waals surface area (Å²) >= 11 is 0. The van der Waals surface area contributed by atoms with E-state index in [0.29, 0.717) is 0 Å². The Morgan fingerprint density at radius 1 is 1.18 bits per heavy atom. The predicted octanol–water partition coefficient (Wildman–Crippen LogP) is 2.74. The molecule has 1 amide bonds. The predicted molar refractivity (Wildman–Crippen MR) is 89.1 cm³/mol. The van der Waals surface area contributed by atoms with E-state index in [1.807, 2.05) is 72.1 Å². The fraction of sp³-hybridized carbons (Fsp3) is 0.176. The summed E-state index contributed by atoms with van der Waals surface area (Å²) in [5.41, 5.74) is 3.69. The second-order valence-electron chi connectivity index (χ2n) is 5.35. The molecule has 0 spiro atoms. The van der Waals surface area contributed by atoms with Gasteiger partial charge in [-0.05, 0) is 30.3 Å². The Bertz CT molecular complexity index is 807. The van der Waals surface area contributed by atoms with E-state index in [-0.39, 0.29) is 12.5 Å². The van der Waals surface area contributed by atoms with Crippen LogP contribution >= 0.6 is 0 Å². The molecule has 0 fully saturated rings. The van der Waals surface area contributed by atoms with Crippen LogP contribution < -0.4 is 10.2 Å². The number of rotatable bonds is 4. The van der Waals surface area contributed by atoms with Gasteiger partial charge in [0.2, 0.25) is 5.91 Å². The highest BCUT2D eigenvalue weighted by molar-refractivity contribution is 5.92. The van der Waals surface area contributed by atoms with Crippen molar-refractivity contribution < 1.29 is 4.79 Å². The molecular formula is C17H18N4O. The quantitative estimate of drug-likeness (QED) is 0.805. The van der Waals surface area contributed by atoms with Crippen LogP contribution in [0.25, 0.3) is 11.0 Å². The minimum atomic E-state index is -0.0703. The van der Waals surface area contributed by atoms with Crippen molar-refractivity contribution in [2.75, 3.05) is 24.3 Å². The molecule has 0 aliphatic rings. The van der Waals surface area contributed by atoms with Crippen molar-refractivity contribution in [1.29, 1.82) is 0 Å². The number of hydrogen-bond donors (Lipinski definition) is 1. The fourth-order valence-corrected chi connectivity index (χ4v) is 2.35. The summed E-state index contributed by atoms with van der Waals surface area (Å²) in [4.78, 5) is 18.5. The maximum atomic E-state index is 12.2. The number of nitrogens with zero attached hydrogens (tertiary/aromatic N) is 3. The zero-order valence-corrected chi connectivity index (χ0v) is 12.7. The van der Waals surface area contributed by atoms with Gasteiger partial charge in [-0.15, -0.1) is 0 Å². The number of carbonyl (C=O) groups excluding carboxylic acids is 1. The van der Waals surface area contributed by atoms with Crippen molar-refractivity contribution in [2.45, 2.75) is 6.54 Å². The number of aromatic nitrogens is 2. The van der Waals surface area contributed by atoms with Gasteiger partial charge in [0.15, 0.2) is 0 Å². The van der Waals surface area contributed by atoms with E-state index in [9.17, 15) is 4.79 Å². The average molecular weight is 294 g/mol. The van der Waals surface area contributed by atoms with Crippen LogP contribution in [-0.2, 0) is 11.3 Å². The summed E-state index contributed by atoms with van der Waals surface area (Å²) in [5, 5.41) is 2.93. The molecule has 0 radical (unpaired) electrons. The lowest BCUT2D eigenvalue weighted by molar-refractivity contribution is -0.116. The Hall–Kier alpha value is -2.82. The maximum absolute atomic E-state index is 12.2. The molecule has 1 heterocycles. The first-order valence-corrected chi connectivity index (χ1v) is 7.10. The van der Waals surface area contributed by atoms with Crippen molar-refractivity contribution in [3.63, 3.8) is 0 Å². The Labute approximate surface area is 129 Å². The highest BCUT2D eigenvalue weighted by Crippen LogP contribution is 2.17. The van der Waals surface area contributed by atoms with Gasteiger partial charge in [0.25, 0.3) is 0 Å². The van der Waals surface area contributed by atoms with Crippen LogP contribution in [-0.4, -0.2) is 29.6 Å². The van der Waals surface area contributed by atoms with Crippen LogP contribution in [0.1, 0.15) is 0 Å². The summed E-state index contributed by atoms with van der Waals surface area (Å²) in [6.07, 6.45) is 1.69. The minimum Gasteiger partial charge on any atom is -0.378 e. The fourth-order valence-electron chi connectivity index (χ4n) is 2.35. The van der Waals surface area contributed by atoms with Crippen molar-refractivity contribution in [1.82, 2.24) is 9.55 Å². The molecule has 3 aromatic rings. The van der Waals surface area contributed by atoms with E-state index in [1.165, 1.54) is 0 Å². The molecule has 2 aromatic carbocycles. The Morgan fingerprint density at radius 3 is 2.82 bits per heavy atom. The minimum absolute atomic E-state index is 0.0703. The monoisotopic (exact) mass is 294 g/mol. The average Bonchev–Trinajstić information content (AvgIpc) is 2.91. The van der Waals surface area contributed by atoms with E-state index in [0.717, 1.165) is 22.4 Å². The van der Waals surface area contributed by atoms with Gasteiger partial charge in [0.1, 0.15) is 6.54 Å². The standard InChI is InChI=1S/C17H18N4O/c1-20(2)14-7-5-6-13(10-14)19-17(22)11-21-12-18-15-8-3-4-9-16(15)21/h3-10,12H,11H2,1-2H3,(H,19,22). The van der Waals surface area contributed by atoms with Crippen LogP contribution in [0.4, 0.5) is 11.4 Å².